The summed E-state index contributed by atoms with van der Waals surface area (Å²) in [4.78, 5) is 29.5. The molecule has 9 heteroatoms. The Morgan fingerprint density at radius 1 is 1.06 bits per heavy atom. The quantitative estimate of drug-likeness (QED) is 0.466. The molecule has 0 aliphatic rings. The molecule has 0 radical (unpaired) electrons. The third-order valence-electron chi connectivity index (χ3n) is 4.20. The van der Waals surface area contributed by atoms with Crippen molar-refractivity contribution in [2.75, 3.05) is 31.8 Å². The highest BCUT2D eigenvalue weighted by Crippen LogP contribution is 2.38. The number of nitrogens with zero attached hydrogens (tertiary/aromatic N) is 1. The average molecular weight is 458 g/mol. The number of thioether (sulfide) groups is 1. The van der Waals surface area contributed by atoms with Gasteiger partial charge in [0.05, 0.1) is 20.0 Å². The SMILES string of the molecule is CCNC(=O)CSc1nc(-c2ccccc2)c(NC(=O)c2cc(OC)cc(OC)c2)s1. The first-order chi connectivity index (χ1) is 15.0. The number of aromatic nitrogens is 1. The van der Waals surface area contributed by atoms with Gasteiger partial charge in [0.2, 0.25) is 5.91 Å². The second-order valence-corrected chi connectivity index (χ2v) is 8.54. The molecule has 3 aromatic rings. The second kappa shape index (κ2) is 10.8. The highest BCUT2D eigenvalue weighted by molar-refractivity contribution is 8.01. The van der Waals surface area contributed by atoms with E-state index in [1.807, 2.05) is 37.3 Å². The van der Waals surface area contributed by atoms with Crippen LogP contribution in [0.2, 0.25) is 0 Å². The van der Waals surface area contributed by atoms with Crippen LogP contribution in [0.5, 0.6) is 11.5 Å². The lowest BCUT2D eigenvalue weighted by molar-refractivity contribution is -0.118. The number of hydrogen-bond donors (Lipinski definition) is 2. The van der Waals surface area contributed by atoms with Gasteiger partial charge < -0.3 is 20.1 Å². The van der Waals surface area contributed by atoms with Gasteiger partial charge in [0.25, 0.3) is 5.91 Å². The van der Waals surface area contributed by atoms with Crippen molar-refractivity contribution in [3.63, 3.8) is 0 Å². The summed E-state index contributed by atoms with van der Waals surface area (Å²) in [7, 11) is 3.07. The van der Waals surface area contributed by atoms with Crippen LogP contribution in [-0.2, 0) is 4.79 Å². The number of benzene rings is 2. The van der Waals surface area contributed by atoms with Gasteiger partial charge in [0, 0.05) is 23.7 Å². The van der Waals surface area contributed by atoms with E-state index in [9.17, 15) is 9.59 Å². The van der Waals surface area contributed by atoms with Gasteiger partial charge in [-0.2, -0.15) is 0 Å². The zero-order chi connectivity index (χ0) is 22.2. The molecule has 31 heavy (non-hydrogen) atoms. The fourth-order valence-electron chi connectivity index (χ4n) is 2.73. The second-order valence-electron chi connectivity index (χ2n) is 6.32. The van der Waals surface area contributed by atoms with Crippen molar-refractivity contribution in [2.45, 2.75) is 11.3 Å². The molecule has 2 N–H and O–H groups in total. The van der Waals surface area contributed by atoms with Crippen LogP contribution in [0.25, 0.3) is 11.3 Å². The van der Waals surface area contributed by atoms with Crippen LogP contribution in [0, 0.1) is 0 Å². The maximum Gasteiger partial charge on any atom is 0.256 e. The maximum absolute atomic E-state index is 13.0. The maximum atomic E-state index is 13.0. The molecule has 0 unspecified atom stereocenters. The number of amides is 2. The topological polar surface area (TPSA) is 89.6 Å². The lowest BCUT2D eigenvalue weighted by atomic mass is 10.1. The summed E-state index contributed by atoms with van der Waals surface area (Å²) < 4.78 is 11.2. The molecule has 7 nitrogen and oxygen atoms in total. The third kappa shape index (κ3) is 5.99. The van der Waals surface area contributed by atoms with E-state index in [2.05, 4.69) is 15.6 Å². The standard InChI is InChI=1S/C22H23N3O4S2/c1-4-23-18(26)13-30-22-24-19(14-8-6-5-7-9-14)21(31-22)25-20(27)15-10-16(28-2)12-17(11-15)29-3/h5-12H,4,13H2,1-3H3,(H,23,26)(H,25,27). The number of nitrogens with one attached hydrogen (secondary N) is 2. The predicted octanol–water partition coefficient (Wildman–Crippen LogP) is 4.31. The molecule has 0 spiro atoms. The summed E-state index contributed by atoms with van der Waals surface area (Å²) in [5.74, 6) is 0.942. The van der Waals surface area contributed by atoms with Crippen molar-refractivity contribution in [1.82, 2.24) is 10.3 Å². The van der Waals surface area contributed by atoms with Gasteiger partial charge in [-0.15, -0.1) is 0 Å². The summed E-state index contributed by atoms with van der Waals surface area (Å²) in [6.07, 6.45) is 0. The molecule has 0 aliphatic carbocycles. The Labute approximate surface area is 189 Å². The average Bonchev–Trinajstić information content (AvgIpc) is 3.20. The summed E-state index contributed by atoms with van der Waals surface area (Å²) in [6.45, 7) is 2.46. The van der Waals surface area contributed by atoms with Crippen LogP contribution in [0.4, 0.5) is 5.00 Å². The summed E-state index contributed by atoms with van der Waals surface area (Å²) >= 11 is 2.67. The molecular weight excluding hydrogens is 434 g/mol. The van der Waals surface area contributed by atoms with Crippen LogP contribution >= 0.6 is 23.1 Å². The van der Waals surface area contributed by atoms with Crippen molar-refractivity contribution in [3.8, 4) is 22.8 Å². The Morgan fingerprint density at radius 3 is 2.35 bits per heavy atom. The molecule has 0 saturated heterocycles. The first kappa shape index (κ1) is 22.6. The lowest BCUT2D eigenvalue weighted by Crippen LogP contribution is -2.24. The first-order valence-corrected chi connectivity index (χ1v) is 11.3. The number of rotatable bonds is 9. The molecule has 0 fully saturated rings. The number of thiazole rings is 1. The van der Waals surface area contributed by atoms with E-state index in [0.717, 1.165) is 5.56 Å². The fourth-order valence-corrected chi connectivity index (χ4v) is 4.62. The van der Waals surface area contributed by atoms with Crippen LogP contribution in [0.3, 0.4) is 0 Å². The minimum Gasteiger partial charge on any atom is -0.497 e. The molecule has 2 amide bonds. The molecule has 2 aromatic carbocycles. The zero-order valence-corrected chi connectivity index (χ0v) is 19.1. The number of methoxy groups -OCH3 is 2. The highest BCUT2D eigenvalue weighted by Gasteiger charge is 2.18. The minimum atomic E-state index is -0.307. The monoisotopic (exact) mass is 457 g/mol. The molecule has 0 aliphatic heterocycles. The van der Waals surface area contributed by atoms with E-state index < -0.39 is 0 Å². The Balaban J connectivity index is 1.88. The van der Waals surface area contributed by atoms with Crippen LogP contribution in [-0.4, -0.2) is 43.3 Å². The highest BCUT2D eigenvalue weighted by atomic mass is 32.2. The van der Waals surface area contributed by atoms with E-state index in [4.69, 9.17) is 9.47 Å². The van der Waals surface area contributed by atoms with Gasteiger partial charge >= 0.3 is 0 Å². The molecule has 0 saturated carbocycles. The Bertz CT molecular complexity index is 1030. The Kier molecular flexibility index (Phi) is 7.91. The predicted molar refractivity (Wildman–Crippen MR) is 124 cm³/mol. The molecule has 162 valence electrons. The first-order valence-electron chi connectivity index (χ1n) is 9.54. The molecule has 0 bridgehead atoms. The number of hydrogen-bond acceptors (Lipinski definition) is 7. The van der Waals surface area contributed by atoms with Crippen molar-refractivity contribution in [2.24, 2.45) is 0 Å². The van der Waals surface area contributed by atoms with Gasteiger partial charge in [0.1, 0.15) is 22.2 Å². The smallest absolute Gasteiger partial charge is 0.256 e. The fraction of sp³-hybridized carbons (Fsp3) is 0.227. The minimum absolute atomic E-state index is 0.0574. The van der Waals surface area contributed by atoms with E-state index in [0.29, 0.717) is 38.6 Å². The Morgan fingerprint density at radius 2 is 1.74 bits per heavy atom. The largest absolute Gasteiger partial charge is 0.497 e. The van der Waals surface area contributed by atoms with Gasteiger partial charge in [-0.05, 0) is 19.1 Å². The van der Waals surface area contributed by atoms with Gasteiger partial charge in [-0.25, -0.2) is 4.98 Å². The molecule has 1 aromatic heterocycles. The van der Waals surface area contributed by atoms with Crippen molar-refractivity contribution in [1.29, 1.82) is 0 Å². The summed E-state index contributed by atoms with van der Waals surface area (Å²) in [5.41, 5.74) is 1.94. The van der Waals surface area contributed by atoms with Crippen LogP contribution in [0.15, 0.2) is 52.9 Å². The van der Waals surface area contributed by atoms with Crippen molar-refractivity contribution < 1.29 is 19.1 Å². The van der Waals surface area contributed by atoms with Gasteiger partial charge in [-0.1, -0.05) is 53.4 Å². The summed E-state index contributed by atoms with van der Waals surface area (Å²) in [6, 6.07) is 14.6. The number of carbonyl (C=O) groups excluding carboxylic acids is 2. The van der Waals surface area contributed by atoms with E-state index >= 15 is 0 Å². The van der Waals surface area contributed by atoms with Crippen LogP contribution in [0.1, 0.15) is 17.3 Å². The van der Waals surface area contributed by atoms with E-state index in [1.54, 1.807) is 18.2 Å². The molecule has 1 heterocycles. The van der Waals surface area contributed by atoms with Crippen LogP contribution < -0.4 is 20.1 Å². The molecule has 0 atom stereocenters. The van der Waals surface area contributed by atoms with Crippen molar-refractivity contribution in [3.05, 3.63) is 54.1 Å². The van der Waals surface area contributed by atoms with Gasteiger partial charge in [-0.3, -0.25) is 9.59 Å². The van der Waals surface area contributed by atoms with Crippen molar-refractivity contribution >= 4 is 39.9 Å². The Hall–Kier alpha value is -3.04. The number of carbonyl (C=O) groups is 2. The molecular formula is C22H23N3O4S2. The van der Waals surface area contributed by atoms with Gasteiger partial charge in [0.15, 0.2) is 4.34 Å². The van der Waals surface area contributed by atoms with E-state index in [1.165, 1.54) is 37.3 Å². The summed E-state index contributed by atoms with van der Waals surface area (Å²) in [5, 5.41) is 6.33. The normalized spacial score (nSPS) is 10.4. The third-order valence-corrected chi connectivity index (χ3v) is 6.31. The number of anilines is 1. The van der Waals surface area contributed by atoms with E-state index in [-0.39, 0.29) is 17.6 Å². The zero-order valence-electron chi connectivity index (χ0n) is 17.4. The lowest BCUT2D eigenvalue weighted by Gasteiger charge is -2.09. The number of ether oxygens (including phenoxy) is 2. The molecule has 3 rings (SSSR count).